The summed E-state index contributed by atoms with van der Waals surface area (Å²) in [6.07, 6.45) is 6.01. The van der Waals surface area contributed by atoms with Crippen LogP contribution in [0.1, 0.15) is 52.9 Å². The summed E-state index contributed by atoms with van der Waals surface area (Å²) in [7, 11) is 2.20. The first-order valence-corrected chi connectivity index (χ1v) is 8.20. The zero-order valence-corrected chi connectivity index (χ0v) is 13.8. The Labute approximate surface area is 124 Å². The monoisotopic (exact) mass is 286 g/mol. The van der Waals surface area contributed by atoms with E-state index in [0.29, 0.717) is 12.1 Å². The second-order valence-electron chi connectivity index (χ2n) is 6.52. The van der Waals surface area contributed by atoms with Crippen LogP contribution < -0.4 is 5.32 Å². The van der Waals surface area contributed by atoms with Crippen LogP contribution in [0.15, 0.2) is 0 Å². The van der Waals surface area contributed by atoms with Crippen molar-refractivity contribution in [1.82, 2.24) is 10.2 Å². The van der Waals surface area contributed by atoms with Gasteiger partial charge in [0.05, 0.1) is 12.7 Å². The van der Waals surface area contributed by atoms with Crippen LogP contribution in [0.2, 0.25) is 0 Å². The highest BCUT2D eigenvalue weighted by atomic mass is 16.5. The first kappa shape index (κ1) is 17.9. The second-order valence-corrected chi connectivity index (χ2v) is 6.52. The van der Waals surface area contributed by atoms with Gasteiger partial charge in [-0.25, -0.2) is 0 Å². The van der Waals surface area contributed by atoms with Crippen molar-refractivity contribution in [3.63, 3.8) is 0 Å². The summed E-state index contributed by atoms with van der Waals surface area (Å²) < 4.78 is 5.62. The van der Waals surface area contributed by atoms with E-state index in [1.807, 2.05) is 0 Å². The van der Waals surface area contributed by atoms with E-state index in [-0.39, 0.29) is 12.1 Å². The SMILES string of the molecule is CCCNC(C)(CO)CCCCN(C)C1CCOC1C. The topological polar surface area (TPSA) is 44.7 Å². The van der Waals surface area contributed by atoms with Crippen LogP contribution in [-0.2, 0) is 4.74 Å². The van der Waals surface area contributed by atoms with E-state index in [9.17, 15) is 5.11 Å². The number of ether oxygens (including phenoxy) is 1. The van der Waals surface area contributed by atoms with Crippen molar-refractivity contribution in [2.45, 2.75) is 70.6 Å². The Bertz CT molecular complexity index is 263. The summed E-state index contributed by atoms with van der Waals surface area (Å²) in [6, 6.07) is 0.581. The number of aliphatic hydroxyl groups excluding tert-OH is 1. The lowest BCUT2D eigenvalue weighted by Gasteiger charge is -2.30. The van der Waals surface area contributed by atoms with Crippen molar-refractivity contribution in [3.05, 3.63) is 0 Å². The summed E-state index contributed by atoms with van der Waals surface area (Å²) >= 11 is 0. The van der Waals surface area contributed by atoms with Crippen LogP contribution in [0.25, 0.3) is 0 Å². The van der Waals surface area contributed by atoms with Crippen LogP contribution in [0.4, 0.5) is 0 Å². The van der Waals surface area contributed by atoms with Crippen molar-refractivity contribution in [1.29, 1.82) is 0 Å². The minimum absolute atomic E-state index is 0.113. The molecule has 20 heavy (non-hydrogen) atoms. The number of nitrogens with one attached hydrogen (secondary N) is 1. The molecular formula is C16H34N2O2. The van der Waals surface area contributed by atoms with E-state index in [2.05, 4.69) is 38.0 Å². The summed E-state index contributed by atoms with van der Waals surface area (Å²) in [6.45, 7) is 9.67. The highest BCUT2D eigenvalue weighted by molar-refractivity contribution is 4.83. The molecule has 1 aliphatic heterocycles. The number of aliphatic hydroxyl groups is 1. The van der Waals surface area contributed by atoms with Gasteiger partial charge in [0.1, 0.15) is 0 Å². The smallest absolute Gasteiger partial charge is 0.0702 e. The van der Waals surface area contributed by atoms with Crippen molar-refractivity contribution in [2.75, 3.05) is 33.4 Å². The van der Waals surface area contributed by atoms with Crippen LogP contribution in [0.5, 0.6) is 0 Å². The number of unbranched alkanes of at least 4 members (excludes halogenated alkanes) is 1. The van der Waals surface area contributed by atoms with Gasteiger partial charge < -0.3 is 20.1 Å². The molecule has 120 valence electrons. The van der Waals surface area contributed by atoms with Gasteiger partial charge in [-0.15, -0.1) is 0 Å². The Morgan fingerprint density at radius 1 is 1.40 bits per heavy atom. The molecule has 0 aromatic heterocycles. The molecule has 0 radical (unpaired) electrons. The number of likely N-dealkylation sites (N-methyl/N-ethyl adjacent to an activating group) is 1. The Hall–Kier alpha value is -0.160. The van der Waals surface area contributed by atoms with Gasteiger partial charge in [-0.2, -0.15) is 0 Å². The average molecular weight is 286 g/mol. The summed E-state index contributed by atoms with van der Waals surface area (Å²) in [5, 5.41) is 13.0. The van der Waals surface area contributed by atoms with Crippen LogP contribution in [0, 0.1) is 0 Å². The normalized spacial score (nSPS) is 26.1. The second kappa shape index (κ2) is 8.98. The van der Waals surface area contributed by atoms with Gasteiger partial charge in [0.15, 0.2) is 0 Å². The van der Waals surface area contributed by atoms with E-state index in [1.54, 1.807) is 0 Å². The van der Waals surface area contributed by atoms with Gasteiger partial charge in [0.2, 0.25) is 0 Å². The standard InChI is InChI=1S/C16H34N2O2/c1-5-10-17-16(3,13-19)9-6-7-11-18(4)15-8-12-20-14(15)2/h14-15,17,19H,5-13H2,1-4H3. The quantitative estimate of drug-likeness (QED) is 0.603. The predicted octanol–water partition coefficient (Wildman–Crippen LogP) is 2.02. The molecule has 2 N–H and O–H groups in total. The lowest BCUT2D eigenvalue weighted by atomic mass is 9.95. The van der Waals surface area contributed by atoms with Gasteiger partial charge in [-0.1, -0.05) is 13.3 Å². The highest BCUT2D eigenvalue weighted by Crippen LogP contribution is 2.19. The van der Waals surface area contributed by atoms with Gasteiger partial charge in [0.25, 0.3) is 0 Å². The van der Waals surface area contributed by atoms with Crippen molar-refractivity contribution in [2.24, 2.45) is 0 Å². The first-order valence-electron chi connectivity index (χ1n) is 8.20. The summed E-state index contributed by atoms with van der Waals surface area (Å²) in [5.74, 6) is 0. The third-order valence-electron chi connectivity index (χ3n) is 4.54. The Morgan fingerprint density at radius 3 is 2.70 bits per heavy atom. The molecule has 4 nitrogen and oxygen atoms in total. The van der Waals surface area contributed by atoms with E-state index in [1.165, 1.54) is 6.42 Å². The largest absolute Gasteiger partial charge is 0.394 e. The first-order chi connectivity index (χ1) is 9.52. The molecule has 0 amide bonds. The van der Waals surface area contributed by atoms with Crippen LogP contribution in [-0.4, -0.2) is 61.0 Å². The Kier molecular flexibility index (Phi) is 8.03. The number of hydrogen-bond donors (Lipinski definition) is 2. The van der Waals surface area contributed by atoms with E-state index in [0.717, 1.165) is 45.4 Å². The van der Waals surface area contributed by atoms with Gasteiger partial charge in [0, 0.05) is 18.2 Å². The maximum absolute atomic E-state index is 9.54. The minimum atomic E-state index is -0.113. The number of rotatable bonds is 10. The number of nitrogens with zero attached hydrogens (tertiary/aromatic N) is 1. The van der Waals surface area contributed by atoms with E-state index in [4.69, 9.17) is 4.74 Å². The molecule has 1 aliphatic rings. The molecule has 0 aromatic carbocycles. The van der Waals surface area contributed by atoms with Gasteiger partial charge in [-0.3, -0.25) is 0 Å². The fourth-order valence-corrected chi connectivity index (χ4v) is 2.99. The van der Waals surface area contributed by atoms with E-state index >= 15 is 0 Å². The minimum Gasteiger partial charge on any atom is -0.394 e. The molecule has 1 heterocycles. The summed E-state index contributed by atoms with van der Waals surface area (Å²) in [5.41, 5.74) is -0.113. The average Bonchev–Trinajstić information content (AvgIpc) is 2.87. The van der Waals surface area contributed by atoms with Gasteiger partial charge >= 0.3 is 0 Å². The van der Waals surface area contributed by atoms with Crippen LogP contribution in [0.3, 0.4) is 0 Å². The van der Waals surface area contributed by atoms with E-state index < -0.39 is 0 Å². The maximum atomic E-state index is 9.54. The predicted molar refractivity (Wildman–Crippen MR) is 84.1 cm³/mol. The summed E-state index contributed by atoms with van der Waals surface area (Å²) in [4.78, 5) is 2.44. The molecule has 0 bridgehead atoms. The maximum Gasteiger partial charge on any atom is 0.0702 e. The molecule has 1 fully saturated rings. The molecule has 0 saturated carbocycles. The zero-order valence-electron chi connectivity index (χ0n) is 13.8. The van der Waals surface area contributed by atoms with Crippen LogP contribution >= 0.6 is 0 Å². The lowest BCUT2D eigenvalue weighted by molar-refractivity contribution is 0.0825. The molecule has 0 aliphatic carbocycles. The van der Waals surface area contributed by atoms with Crippen molar-refractivity contribution >= 4 is 0 Å². The molecule has 0 aromatic rings. The molecule has 1 rings (SSSR count). The lowest BCUT2D eigenvalue weighted by Crippen LogP contribution is -2.46. The molecule has 0 spiro atoms. The molecular weight excluding hydrogens is 252 g/mol. The fourth-order valence-electron chi connectivity index (χ4n) is 2.99. The number of hydrogen-bond acceptors (Lipinski definition) is 4. The highest BCUT2D eigenvalue weighted by Gasteiger charge is 2.27. The molecule has 1 saturated heterocycles. The third-order valence-corrected chi connectivity index (χ3v) is 4.54. The molecule has 3 unspecified atom stereocenters. The van der Waals surface area contributed by atoms with Gasteiger partial charge in [-0.05, 0) is 59.7 Å². The molecule has 3 atom stereocenters. The Morgan fingerprint density at radius 2 is 2.15 bits per heavy atom. The fraction of sp³-hybridized carbons (Fsp3) is 1.00. The third kappa shape index (κ3) is 5.68. The Balaban J connectivity index is 2.19. The van der Waals surface area contributed by atoms with Crippen molar-refractivity contribution < 1.29 is 9.84 Å². The zero-order chi connectivity index (χ0) is 15.0. The molecule has 4 heteroatoms. The van der Waals surface area contributed by atoms with Crippen molar-refractivity contribution in [3.8, 4) is 0 Å².